The second-order valence-electron chi connectivity index (χ2n) is 6.46. The van der Waals surface area contributed by atoms with Gasteiger partial charge >= 0.3 is 0 Å². The summed E-state index contributed by atoms with van der Waals surface area (Å²) in [5.41, 5.74) is 1.12. The number of benzene rings is 1. The number of rotatable bonds is 6. The summed E-state index contributed by atoms with van der Waals surface area (Å²) in [6.45, 7) is -0.374. The lowest BCUT2D eigenvalue weighted by Gasteiger charge is -2.33. The highest BCUT2D eigenvalue weighted by Gasteiger charge is 2.35. The Bertz CT molecular complexity index is 920. The summed E-state index contributed by atoms with van der Waals surface area (Å²) >= 11 is 1.30. The zero-order chi connectivity index (χ0) is 18.8. The summed E-state index contributed by atoms with van der Waals surface area (Å²) in [5, 5.41) is 34.5. The first-order valence-electron chi connectivity index (χ1n) is 8.59. The van der Waals surface area contributed by atoms with Crippen LogP contribution in [-0.4, -0.2) is 44.1 Å². The molecule has 2 aromatic heterocycles. The molecule has 1 aliphatic carbocycles. The van der Waals surface area contributed by atoms with Gasteiger partial charge in [-0.15, -0.1) is 10.2 Å². The molecule has 1 aliphatic rings. The maximum absolute atomic E-state index is 12.3. The molecule has 1 amide bonds. The topological polar surface area (TPSA) is 121 Å². The predicted molar refractivity (Wildman–Crippen MR) is 97.1 cm³/mol. The second kappa shape index (κ2) is 7.55. The van der Waals surface area contributed by atoms with Gasteiger partial charge in [-0.3, -0.25) is 4.79 Å². The van der Waals surface area contributed by atoms with Crippen LogP contribution in [0.15, 0.2) is 40.9 Å². The van der Waals surface area contributed by atoms with Gasteiger partial charge in [-0.25, -0.2) is 0 Å². The van der Waals surface area contributed by atoms with Gasteiger partial charge < -0.3 is 20.1 Å². The van der Waals surface area contributed by atoms with Crippen molar-refractivity contribution >= 4 is 17.2 Å². The van der Waals surface area contributed by atoms with Crippen molar-refractivity contribution in [1.82, 2.24) is 20.7 Å². The van der Waals surface area contributed by atoms with Crippen LogP contribution in [0, 0.1) is 0 Å². The molecular weight excluding hydrogens is 368 g/mol. The number of hydrogen-bond donors (Lipinski definition) is 3. The molecule has 140 valence electrons. The van der Waals surface area contributed by atoms with Crippen LogP contribution >= 0.6 is 11.3 Å². The first-order chi connectivity index (χ1) is 13.1. The molecule has 0 bridgehead atoms. The number of carbonyl (C=O) groups excluding carboxylic acids is 1. The molecule has 0 saturated heterocycles. The van der Waals surface area contributed by atoms with Crippen LogP contribution in [-0.2, 0) is 0 Å². The second-order valence-corrected chi connectivity index (χ2v) is 7.50. The smallest absolute Gasteiger partial charge is 0.273 e. The van der Waals surface area contributed by atoms with E-state index in [1.165, 1.54) is 11.3 Å². The van der Waals surface area contributed by atoms with Crippen molar-refractivity contribution in [3.05, 3.63) is 52.1 Å². The molecule has 3 N–H and O–H groups in total. The van der Waals surface area contributed by atoms with E-state index < -0.39 is 6.10 Å². The molecule has 27 heavy (non-hydrogen) atoms. The Kier molecular flexibility index (Phi) is 4.97. The molecular formula is C18H18N4O4S. The zero-order valence-corrected chi connectivity index (χ0v) is 15.1. The average molecular weight is 386 g/mol. The van der Waals surface area contributed by atoms with Crippen molar-refractivity contribution in [3.8, 4) is 11.3 Å². The molecule has 0 spiro atoms. The summed E-state index contributed by atoms with van der Waals surface area (Å²) in [5.74, 6) is 0.485. The maximum Gasteiger partial charge on any atom is 0.273 e. The van der Waals surface area contributed by atoms with Gasteiger partial charge in [0.2, 0.25) is 0 Å². The van der Waals surface area contributed by atoms with E-state index >= 15 is 0 Å². The van der Waals surface area contributed by atoms with E-state index in [-0.39, 0.29) is 30.2 Å². The molecule has 3 aromatic rings. The molecule has 4 rings (SSSR count). The minimum Gasteiger partial charge on any atom is -0.393 e. The minimum atomic E-state index is -0.988. The van der Waals surface area contributed by atoms with Crippen molar-refractivity contribution in [2.45, 2.75) is 30.9 Å². The Balaban J connectivity index is 1.32. The lowest BCUT2D eigenvalue weighted by atomic mass is 9.80. The van der Waals surface area contributed by atoms with Crippen molar-refractivity contribution in [3.63, 3.8) is 0 Å². The van der Waals surface area contributed by atoms with Crippen LogP contribution in [0.2, 0.25) is 0 Å². The number of nitrogens with zero attached hydrogens (tertiary/aromatic N) is 3. The van der Waals surface area contributed by atoms with Crippen molar-refractivity contribution in [2.24, 2.45) is 0 Å². The predicted octanol–water partition coefficient (Wildman–Crippen LogP) is 1.89. The van der Waals surface area contributed by atoms with E-state index in [0.29, 0.717) is 10.8 Å². The zero-order valence-electron chi connectivity index (χ0n) is 14.3. The molecule has 2 heterocycles. The van der Waals surface area contributed by atoms with E-state index in [1.54, 1.807) is 6.07 Å². The number of amides is 1. The highest BCUT2D eigenvalue weighted by molar-refractivity contribution is 7.11. The lowest BCUT2D eigenvalue weighted by Crippen LogP contribution is -2.43. The Hall–Kier alpha value is -2.62. The fourth-order valence-corrected chi connectivity index (χ4v) is 3.89. The fraction of sp³-hybridized carbons (Fsp3) is 0.333. The summed E-state index contributed by atoms with van der Waals surface area (Å²) in [6, 6.07) is 11.1. The lowest BCUT2D eigenvalue weighted by molar-refractivity contribution is 0.0899. The number of carbonyl (C=O) groups is 1. The standard InChI is InChI=1S/C18H18N4O4S/c23-9-14(24)18-21-20-17(27-18)11-6-12(7-11)19-16(25)13-8-15(26-22-13)10-4-2-1-3-5-10/h1-5,8,11-12,14,23-24H,6-7,9H2,(H,19,25)/t11-,12+,14?. The third-order valence-corrected chi connectivity index (χ3v) is 5.72. The maximum atomic E-state index is 12.3. The molecule has 1 saturated carbocycles. The van der Waals surface area contributed by atoms with Crippen LogP contribution in [0.4, 0.5) is 0 Å². The van der Waals surface area contributed by atoms with E-state index in [1.807, 2.05) is 30.3 Å². The van der Waals surface area contributed by atoms with Gasteiger partial charge in [0.25, 0.3) is 5.91 Å². The minimum absolute atomic E-state index is 0.0366. The van der Waals surface area contributed by atoms with E-state index in [4.69, 9.17) is 9.63 Å². The average Bonchev–Trinajstić information content (AvgIpc) is 3.34. The van der Waals surface area contributed by atoms with Crippen LogP contribution in [0.3, 0.4) is 0 Å². The Morgan fingerprint density at radius 1 is 1.30 bits per heavy atom. The first-order valence-corrected chi connectivity index (χ1v) is 9.41. The Morgan fingerprint density at radius 3 is 2.81 bits per heavy atom. The van der Waals surface area contributed by atoms with Gasteiger partial charge in [-0.05, 0) is 12.8 Å². The molecule has 8 nitrogen and oxygen atoms in total. The molecule has 1 atom stereocenters. The van der Waals surface area contributed by atoms with Crippen molar-refractivity contribution in [1.29, 1.82) is 0 Å². The summed E-state index contributed by atoms with van der Waals surface area (Å²) in [6.07, 6.45) is 0.510. The van der Waals surface area contributed by atoms with Crippen LogP contribution in [0.25, 0.3) is 11.3 Å². The number of hydrogen-bond acceptors (Lipinski definition) is 8. The van der Waals surface area contributed by atoms with Gasteiger partial charge in [0.05, 0.1) is 6.61 Å². The third kappa shape index (κ3) is 3.75. The van der Waals surface area contributed by atoms with Gasteiger partial charge in [-0.2, -0.15) is 0 Å². The summed E-state index contributed by atoms with van der Waals surface area (Å²) in [7, 11) is 0. The molecule has 1 unspecified atom stereocenters. The van der Waals surface area contributed by atoms with Gasteiger partial charge in [0, 0.05) is 23.6 Å². The number of aliphatic hydroxyl groups excluding tert-OH is 2. The number of aliphatic hydroxyl groups is 2. The SMILES string of the molecule is O=C(N[C@H]1C[C@@H](c2nnc(C(O)CO)s2)C1)c1cc(-c2ccccc2)on1. The van der Waals surface area contributed by atoms with Crippen molar-refractivity contribution < 1.29 is 19.5 Å². The largest absolute Gasteiger partial charge is 0.393 e. The number of nitrogens with one attached hydrogen (secondary N) is 1. The Morgan fingerprint density at radius 2 is 2.07 bits per heavy atom. The third-order valence-electron chi connectivity index (χ3n) is 4.54. The monoisotopic (exact) mass is 386 g/mol. The highest BCUT2D eigenvalue weighted by Crippen LogP contribution is 2.39. The highest BCUT2D eigenvalue weighted by atomic mass is 32.1. The quantitative estimate of drug-likeness (QED) is 0.591. The van der Waals surface area contributed by atoms with E-state index in [9.17, 15) is 9.90 Å². The first kappa shape index (κ1) is 17.8. The molecule has 1 fully saturated rings. The van der Waals surface area contributed by atoms with Gasteiger partial charge in [0.15, 0.2) is 11.5 Å². The summed E-state index contributed by atoms with van der Waals surface area (Å²) in [4.78, 5) is 12.3. The fourth-order valence-electron chi connectivity index (χ4n) is 2.94. The van der Waals surface area contributed by atoms with Crippen LogP contribution in [0.5, 0.6) is 0 Å². The molecule has 0 radical (unpaired) electrons. The van der Waals surface area contributed by atoms with Crippen molar-refractivity contribution in [2.75, 3.05) is 6.61 Å². The van der Waals surface area contributed by atoms with E-state index in [0.717, 1.165) is 23.4 Å². The molecule has 1 aromatic carbocycles. The Labute approximate surface area is 158 Å². The number of aromatic nitrogens is 3. The van der Waals surface area contributed by atoms with E-state index in [2.05, 4.69) is 20.7 Å². The summed E-state index contributed by atoms with van der Waals surface area (Å²) < 4.78 is 5.26. The molecule has 9 heteroatoms. The van der Waals surface area contributed by atoms with Crippen LogP contribution in [0.1, 0.15) is 45.4 Å². The van der Waals surface area contributed by atoms with Crippen LogP contribution < -0.4 is 5.32 Å². The van der Waals surface area contributed by atoms with Gasteiger partial charge in [0.1, 0.15) is 16.1 Å². The normalized spacial score (nSPS) is 20.1. The molecule has 0 aliphatic heterocycles. The van der Waals surface area contributed by atoms with Gasteiger partial charge in [-0.1, -0.05) is 46.8 Å².